The molecule has 0 bridgehead atoms. The van der Waals surface area contributed by atoms with Gasteiger partial charge in [-0.25, -0.2) is 4.79 Å². The number of rotatable bonds is 4. The molecule has 1 atom stereocenters. The molecule has 0 fully saturated rings. The molecular weight excluding hydrogens is 186 g/mol. The molecule has 0 aromatic carbocycles. The van der Waals surface area contributed by atoms with Gasteiger partial charge in [0.25, 0.3) is 0 Å². The number of carbonyl (C=O) groups is 2. The lowest BCUT2D eigenvalue weighted by Crippen LogP contribution is -2.45. The van der Waals surface area contributed by atoms with Gasteiger partial charge in [-0.05, 0) is 12.8 Å². The van der Waals surface area contributed by atoms with Gasteiger partial charge in [0, 0.05) is 5.92 Å². The summed E-state index contributed by atoms with van der Waals surface area (Å²) in [6.07, 6.45) is 5.06. The molecule has 0 aromatic heterocycles. The normalized spacial score (nSPS) is 18.1. The van der Waals surface area contributed by atoms with Crippen LogP contribution in [0.1, 0.15) is 12.8 Å². The van der Waals surface area contributed by atoms with Crippen molar-refractivity contribution in [2.45, 2.75) is 18.9 Å². The predicted octanol–water partition coefficient (Wildman–Crippen LogP) is -0.486. The van der Waals surface area contributed by atoms with E-state index in [0.717, 1.165) is 0 Å². The smallest absolute Gasteiger partial charge is 0.328 e. The summed E-state index contributed by atoms with van der Waals surface area (Å²) in [6, 6.07) is -1.19. The van der Waals surface area contributed by atoms with Crippen LogP contribution >= 0.6 is 0 Å². The number of amides is 1. The maximum atomic E-state index is 11.4. The lowest BCUT2D eigenvalue weighted by molar-refractivity contribution is -0.143. The minimum absolute atomic E-state index is 0.177. The van der Waals surface area contributed by atoms with Crippen molar-refractivity contribution < 1.29 is 19.8 Å². The molecule has 0 heterocycles. The molecule has 1 aliphatic rings. The van der Waals surface area contributed by atoms with Crippen LogP contribution in [0.25, 0.3) is 0 Å². The summed E-state index contributed by atoms with van der Waals surface area (Å²) in [4.78, 5) is 21.9. The third-order valence-electron chi connectivity index (χ3n) is 2.18. The number of carbonyl (C=O) groups excluding carboxylic acids is 1. The number of allylic oxidation sites excluding steroid dienone is 2. The molecule has 5 heteroatoms. The van der Waals surface area contributed by atoms with E-state index in [0.29, 0.717) is 12.8 Å². The molecule has 0 aliphatic heterocycles. The highest BCUT2D eigenvalue weighted by atomic mass is 16.4. The maximum absolute atomic E-state index is 11.4. The number of aliphatic carboxylic acids is 1. The van der Waals surface area contributed by atoms with E-state index >= 15 is 0 Å². The minimum Gasteiger partial charge on any atom is -0.480 e. The number of hydrogen-bond acceptors (Lipinski definition) is 3. The van der Waals surface area contributed by atoms with Gasteiger partial charge < -0.3 is 15.5 Å². The quantitative estimate of drug-likeness (QED) is 0.533. The fourth-order valence-corrected chi connectivity index (χ4v) is 1.31. The highest BCUT2D eigenvalue weighted by Crippen LogP contribution is 2.17. The zero-order valence-corrected chi connectivity index (χ0v) is 7.64. The lowest BCUT2D eigenvalue weighted by atomic mass is 10.1. The first-order valence-corrected chi connectivity index (χ1v) is 4.44. The third kappa shape index (κ3) is 2.56. The number of aliphatic hydroxyl groups is 1. The number of aliphatic hydroxyl groups excluding tert-OH is 1. The van der Waals surface area contributed by atoms with E-state index in [4.69, 9.17) is 10.2 Å². The van der Waals surface area contributed by atoms with E-state index in [2.05, 4.69) is 5.32 Å². The summed E-state index contributed by atoms with van der Waals surface area (Å²) in [5.41, 5.74) is 0. The molecule has 5 nitrogen and oxygen atoms in total. The Hall–Kier alpha value is -1.36. The van der Waals surface area contributed by atoms with E-state index in [9.17, 15) is 9.59 Å². The maximum Gasteiger partial charge on any atom is 0.328 e. The van der Waals surface area contributed by atoms with Crippen LogP contribution in [0.4, 0.5) is 0 Å². The molecule has 0 spiro atoms. The van der Waals surface area contributed by atoms with Crippen molar-refractivity contribution in [1.29, 1.82) is 0 Å². The van der Waals surface area contributed by atoms with Gasteiger partial charge in [0.05, 0.1) is 6.61 Å². The average molecular weight is 199 g/mol. The number of nitrogens with one attached hydrogen (secondary N) is 1. The molecule has 0 saturated heterocycles. The first kappa shape index (κ1) is 10.7. The minimum atomic E-state index is -1.22. The SMILES string of the molecule is O=C(N[C@H](CO)C(=O)O)C1CC=CC1. The van der Waals surface area contributed by atoms with Crippen molar-refractivity contribution in [3.63, 3.8) is 0 Å². The van der Waals surface area contributed by atoms with Gasteiger partial charge >= 0.3 is 5.97 Å². The standard InChI is InChI=1S/C9H13NO4/c11-5-7(9(13)14)10-8(12)6-3-1-2-4-6/h1-2,6-7,11H,3-5H2,(H,10,12)(H,13,14)/t7-/m1/s1. The molecule has 0 saturated carbocycles. The van der Waals surface area contributed by atoms with Crippen molar-refractivity contribution in [3.8, 4) is 0 Å². The number of hydrogen-bond donors (Lipinski definition) is 3. The second kappa shape index (κ2) is 4.76. The number of carboxylic acids is 1. The molecule has 0 unspecified atom stereocenters. The molecule has 3 N–H and O–H groups in total. The molecule has 1 rings (SSSR count). The van der Waals surface area contributed by atoms with Crippen molar-refractivity contribution >= 4 is 11.9 Å². The molecule has 0 aromatic rings. The fraction of sp³-hybridized carbons (Fsp3) is 0.556. The second-order valence-corrected chi connectivity index (χ2v) is 3.22. The van der Waals surface area contributed by atoms with Gasteiger partial charge in [0.1, 0.15) is 6.04 Å². The van der Waals surface area contributed by atoms with E-state index in [1.807, 2.05) is 12.2 Å². The molecule has 14 heavy (non-hydrogen) atoms. The number of carboxylic acid groups (broad SMARTS) is 1. The van der Waals surface area contributed by atoms with E-state index < -0.39 is 18.6 Å². The lowest BCUT2D eigenvalue weighted by Gasteiger charge is -2.14. The van der Waals surface area contributed by atoms with Crippen LogP contribution in [-0.2, 0) is 9.59 Å². The van der Waals surface area contributed by atoms with Crippen LogP contribution in [0.3, 0.4) is 0 Å². The van der Waals surface area contributed by atoms with Crippen LogP contribution in [0.15, 0.2) is 12.2 Å². The van der Waals surface area contributed by atoms with Crippen LogP contribution in [-0.4, -0.2) is 34.7 Å². The second-order valence-electron chi connectivity index (χ2n) is 3.22. The third-order valence-corrected chi connectivity index (χ3v) is 2.18. The van der Waals surface area contributed by atoms with Crippen molar-refractivity contribution in [2.24, 2.45) is 5.92 Å². The predicted molar refractivity (Wildman–Crippen MR) is 48.5 cm³/mol. The summed E-state index contributed by atoms with van der Waals surface area (Å²) in [6.45, 7) is -0.582. The molecule has 1 aliphatic carbocycles. The van der Waals surface area contributed by atoms with Gasteiger partial charge in [-0.3, -0.25) is 4.79 Å². The van der Waals surface area contributed by atoms with E-state index in [1.165, 1.54) is 0 Å². The summed E-state index contributed by atoms with van der Waals surface area (Å²) in [5, 5.41) is 19.5. The molecular formula is C9H13NO4. The molecule has 78 valence electrons. The van der Waals surface area contributed by atoms with Gasteiger partial charge in [-0.1, -0.05) is 12.2 Å². The van der Waals surface area contributed by atoms with Crippen LogP contribution in [0, 0.1) is 5.92 Å². The van der Waals surface area contributed by atoms with Gasteiger partial charge in [0.2, 0.25) is 5.91 Å². The summed E-state index contributed by atoms with van der Waals surface area (Å²) in [5.74, 6) is -1.70. The zero-order valence-electron chi connectivity index (χ0n) is 7.64. The van der Waals surface area contributed by atoms with Crippen molar-refractivity contribution in [3.05, 3.63) is 12.2 Å². The van der Waals surface area contributed by atoms with Gasteiger partial charge in [-0.15, -0.1) is 0 Å². The summed E-state index contributed by atoms with van der Waals surface area (Å²) in [7, 11) is 0. The Morgan fingerprint density at radius 2 is 2.00 bits per heavy atom. The molecule has 1 amide bonds. The zero-order chi connectivity index (χ0) is 10.6. The fourth-order valence-electron chi connectivity index (χ4n) is 1.31. The Bertz CT molecular complexity index is 254. The highest BCUT2D eigenvalue weighted by Gasteiger charge is 2.24. The van der Waals surface area contributed by atoms with Crippen molar-refractivity contribution in [2.75, 3.05) is 6.61 Å². The Balaban J connectivity index is 2.42. The summed E-state index contributed by atoms with van der Waals surface area (Å²) < 4.78 is 0. The average Bonchev–Trinajstić information content (AvgIpc) is 2.65. The highest BCUT2D eigenvalue weighted by molar-refractivity contribution is 5.85. The largest absolute Gasteiger partial charge is 0.480 e. The first-order valence-electron chi connectivity index (χ1n) is 4.44. The Morgan fingerprint density at radius 1 is 1.43 bits per heavy atom. The summed E-state index contributed by atoms with van der Waals surface area (Å²) >= 11 is 0. The van der Waals surface area contributed by atoms with Crippen LogP contribution in [0.5, 0.6) is 0 Å². The van der Waals surface area contributed by atoms with Crippen LogP contribution < -0.4 is 5.32 Å². The van der Waals surface area contributed by atoms with Gasteiger partial charge in [-0.2, -0.15) is 0 Å². The molecule has 0 radical (unpaired) electrons. The first-order chi connectivity index (χ1) is 6.65. The van der Waals surface area contributed by atoms with E-state index in [-0.39, 0.29) is 11.8 Å². The van der Waals surface area contributed by atoms with Crippen molar-refractivity contribution in [1.82, 2.24) is 5.32 Å². The topological polar surface area (TPSA) is 86.6 Å². The monoisotopic (exact) mass is 199 g/mol. The Morgan fingerprint density at radius 3 is 2.43 bits per heavy atom. The Kier molecular flexibility index (Phi) is 3.64. The van der Waals surface area contributed by atoms with Crippen LogP contribution in [0.2, 0.25) is 0 Å². The van der Waals surface area contributed by atoms with Gasteiger partial charge in [0.15, 0.2) is 0 Å². The van der Waals surface area contributed by atoms with E-state index in [1.54, 1.807) is 0 Å². The Labute approximate surface area is 81.4 Å².